The second-order valence-corrected chi connectivity index (χ2v) is 17.8. The summed E-state index contributed by atoms with van der Waals surface area (Å²) < 4.78 is 4.86. The Balaban J connectivity index is 4.16. The monoisotopic (exact) mass is 1070 g/mol. The molecule has 73 heavy (non-hydrogen) atoms. The van der Waals surface area contributed by atoms with Crippen LogP contribution in [0.25, 0.3) is 0 Å². The normalized spacial score (nSPS) is 23.0. The van der Waals surface area contributed by atoms with Crippen molar-refractivity contribution in [2.24, 2.45) is 21.7 Å². The SMILES string of the molecule is O=COCN(CC(=O)O)C1C(CC[NH+](C=O)CC(CNOCC(O)C(O)C(O)C(O)CO)(CC(N=O)C(O)C(O)C(O)C(O)CO)CC(N=O)C(O)C(O)C(O)C(O)CO)CN(CC(=O)O)CCN1CC(=O)O. The minimum atomic E-state index is -2.51. The van der Waals surface area contributed by atoms with Crippen LogP contribution in [0.4, 0.5) is 0 Å². The molecule has 0 aromatic carbocycles. The molecule has 0 aromatic rings. The number of quaternary nitrogens is 1. The van der Waals surface area contributed by atoms with E-state index in [4.69, 9.17) is 14.7 Å². The zero-order valence-corrected chi connectivity index (χ0v) is 39.4. The molecule has 1 amide bonds. The molecule has 424 valence electrons. The maximum absolute atomic E-state index is 13.2. The topological polar surface area (TPSA) is 553 Å². The van der Waals surface area contributed by atoms with Crippen LogP contribution in [0.1, 0.15) is 19.3 Å². The van der Waals surface area contributed by atoms with Gasteiger partial charge in [-0.05, 0) is 12.8 Å². The van der Waals surface area contributed by atoms with Gasteiger partial charge in [0.05, 0.1) is 58.8 Å². The van der Waals surface area contributed by atoms with Gasteiger partial charge in [0.25, 0.3) is 12.9 Å². The molecule has 0 bridgehead atoms. The number of aliphatic hydroxyl groups excluding tert-OH is 15. The Morgan fingerprint density at radius 2 is 1.16 bits per heavy atom. The summed E-state index contributed by atoms with van der Waals surface area (Å²) in [4.78, 5) is 94.6. The standard InChI is InChI=1S/C39H71N7O27/c47-11-23(52)32(64)35(67)26(55)14-73-40-15-39(5-21(41-70)30(62)36(68)33(65)24(53)12-48,6-22(42-71)31(63)37(69)34(66)25(54)13-49)16-44(17-50)2-1-20-7-43(8-27(56)57)3-4-45(9-28(58)59)38(20)46(10-29(60)61)18-72-19-51/h17,19-26,30-38,40,47-49,52-55,62-69H,1-16,18H2,(H,56,57)(H,58,59)(H,60,61)/p+1. The largest absolute Gasteiger partial charge is 0.480 e. The number of carboxylic acid groups (broad SMARTS) is 3. The number of hydroxylamine groups is 1. The van der Waals surface area contributed by atoms with Crippen molar-refractivity contribution in [3.8, 4) is 0 Å². The Hall–Kier alpha value is -4.09. The highest BCUT2D eigenvalue weighted by Crippen LogP contribution is 2.34. The predicted molar refractivity (Wildman–Crippen MR) is 236 cm³/mol. The van der Waals surface area contributed by atoms with E-state index in [1.165, 1.54) is 9.80 Å². The molecule has 0 spiro atoms. The van der Waals surface area contributed by atoms with Crippen molar-refractivity contribution in [3.63, 3.8) is 0 Å². The van der Waals surface area contributed by atoms with Gasteiger partial charge >= 0.3 is 17.9 Å². The summed E-state index contributed by atoms with van der Waals surface area (Å²) in [7, 11) is 0. The number of hydrogen-bond acceptors (Lipinski definition) is 30. The number of carboxylic acids is 3. The van der Waals surface area contributed by atoms with Gasteiger partial charge in [0.1, 0.15) is 98.6 Å². The summed E-state index contributed by atoms with van der Waals surface area (Å²) in [6.07, 6.45) is -30.9. The third-order valence-corrected chi connectivity index (χ3v) is 12.3. The van der Waals surface area contributed by atoms with Gasteiger partial charge in [-0.3, -0.25) is 38.7 Å². The molecule has 0 radical (unpaired) electrons. The quantitative estimate of drug-likeness (QED) is 0.00889. The van der Waals surface area contributed by atoms with Crippen molar-refractivity contribution in [1.29, 1.82) is 0 Å². The van der Waals surface area contributed by atoms with Crippen molar-refractivity contribution >= 4 is 30.8 Å². The Morgan fingerprint density at radius 3 is 1.59 bits per heavy atom. The molecular formula is C39H72N7O27+. The number of carbonyl (C=O) groups excluding carboxylic acids is 2. The van der Waals surface area contributed by atoms with Crippen LogP contribution in [0, 0.1) is 21.1 Å². The molecule has 1 aliphatic heterocycles. The van der Waals surface area contributed by atoms with Crippen LogP contribution in [-0.2, 0) is 33.5 Å². The molecule has 0 aromatic heterocycles. The molecule has 34 heteroatoms. The average Bonchev–Trinajstić information content (AvgIpc) is 3.52. The van der Waals surface area contributed by atoms with Gasteiger partial charge in [0, 0.05) is 43.9 Å². The van der Waals surface area contributed by atoms with Crippen molar-refractivity contribution in [3.05, 3.63) is 9.81 Å². The van der Waals surface area contributed by atoms with E-state index in [-0.39, 0.29) is 43.8 Å². The van der Waals surface area contributed by atoms with Crippen LogP contribution in [0.3, 0.4) is 0 Å². The smallest absolute Gasteiger partial charge is 0.317 e. The summed E-state index contributed by atoms with van der Waals surface area (Å²) in [6.45, 7) is -10.2. The van der Waals surface area contributed by atoms with E-state index in [1.54, 1.807) is 0 Å². The van der Waals surface area contributed by atoms with Crippen LogP contribution in [0.5, 0.6) is 0 Å². The fourth-order valence-electron chi connectivity index (χ4n) is 8.53. The predicted octanol–water partition coefficient (Wildman–Crippen LogP) is -12.5. The van der Waals surface area contributed by atoms with Crippen molar-refractivity contribution in [1.82, 2.24) is 20.2 Å². The molecule has 1 aliphatic rings. The molecule has 1 fully saturated rings. The van der Waals surface area contributed by atoms with E-state index in [2.05, 4.69) is 15.8 Å². The first-order valence-electron chi connectivity index (χ1n) is 22.5. The van der Waals surface area contributed by atoms with Crippen LogP contribution < -0.4 is 10.4 Å². The highest BCUT2D eigenvalue weighted by Gasteiger charge is 2.48. The number of nitroso groups, excluding NO2 is 2. The maximum Gasteiger partial charge on any atom is 0.317 e. The van der Waals surface area contributed by atoms with Gasteiger partial charge in [0.2, 0.25) is 0 Å². The summed E-state index contributed by atoms with van der Waals surface area (Å²) in [6, 6.07) is -4.43. The van der Waals surface area contributed by atoms with Crippen LogP contribution in [0.15, 0.2) is 10.4 Å². The number of nitrogens with one attached hydrogen (secondary N) is 2. The van der Waals surface area contributed by atoms with Crippen LogP contribution in [0.2, 0.25) is 0 Å². The molecule has 0 saturated carbocycles. The summed E-state index contributed by atoms with van der Waals surface area (Å²) in [5.41, 5.74) is 0.0953. The second-order valence-electron chi connectivity index (χ2n) is 17.8. The van der Waals surface area contributed by atoms with E-state index in [1.807, 2.05) is 0 Å². The summed E-state index contributed by atoms with van der Waals surface area (Å²) >= 11 is 0. The van der Waals surface area contributed by atoms with E-state index in [0.717, 1.165) is 4.90 Å². The van der Waals surface area contributed by atoms with Crippen molar-refractivity contribution in [2.45, 2.75) is 111 Å². The zero-order chi connectivity index (χ0) is 55.7. The lowest BCUT2D eigenvalue weighted by molar-refractivity contribution is -0.820. The lowest BCUT2D eigenvalue weighted by Gasteiger charge is -2.42. The Kier molecular flexibility index (Phi) is 30.9. The highest BCUT2D eigenvalue weighted by molar-refractivity contribution is 5.70. The van der Waals surface area contributed by atoms with Gasteiger partial charge in [-0.25, -0.2) is 15.2 Å². The minimum absolute atomic E-state index is 0.0257. The minimum Gasteiger partial charge on any atom is -0.480 e. The number of carbonyl (C=O) groups is 5. The fraction of sp³-hybridized carbons (Fsp3) is 0.872. The zero-order valence-electron chi connectivity index (χ0n) is 39.4. The van der Waals surface area contributed by atoms with Crippen molar-refractivity contribution < 1.29 is 130 Å². The average molecular weight is 1070 g/mol. The van der Waals surface area contributed by atoms with Crippen molar-refractivity contribution in [2.75, 3.05) is 92.1 Å². The van der Waals surface area contributed by atoms with Crippen LogP contribution in [-0.4, -0.2) is 321 Å². The highest BCUT2D eigenvalue weighted by atomic mass is 16.6. The second kappa shape index (κ2) is 33.8. The number of amides is 1. The van der Waals surface area contributed by atoms with Crippen LogP contribution >= 0.6 is 0 Å². The van der Waals surface area contributed by atoms with E-state index >= 15 is 0 Å². The maximum atomic E-state index is 13.2. The lowest BCUT2D eigenvalue weighted by atomic mass is 9.73. The number of rotatable bonds is 41. The molecule has 17 atom stereocenters. The third kappa shape index (κ3) is 21.6. The fourth-order valence-corrected chi connectivity index (χ4v) is 8.53. The Morgan fingerprint density at radius 1 is 0.685 bits per heavy atom. The molecule has 1 saturated heterocycles. The summed E-state index contributed by atoms with van der Waals surface area (Å²) in [5, 5.41) is 188. The number of hydrogen-bond donors (Lipinski definition) is 20. The first kappa shape index (κ1) is 66.9. The molecule has 1 rings (SSSR count). The van der Waals surface area contributed by atoms with E-state index in [9.17, 15) is 121 Å². The molecule has 1 heterocycles. The van der Waals surface area contributed by atoms with Gasteiger partial charge < -0.3 is 96.7 Å². The first-order chi connectivity index (χ1) is 34.3. The molecular weight excluding hydrogens is 998 g/mol. The molecule has 0 aliphatic carbocycles. The molecule has 17 unspecified atom stereocenters. The molecule has 34 nitrogen and oxygen atoms in total. The lowest BCUT2D eigenvalue weighted by Crippen LogP contribution is -3.12. The number of nitrogens with zero attached hydrogens (tertiary/aromatic N) is 5. The number of aliphatic carboxylic acids is 3. The number of ether oxygens (including phenoxy) is 1. The Bertz CT molecular complexity index is 1620. The third-order valence-electron chi connectivity index (χ3n) is 12.3. The molecule has 20 N–H and O–H groups in total. The van der Waals surface area contributed by atoms with E-state index in [0.29, 0.717) is 0 Å². The van der Waals surface area contributed by atoms with E-state index < -0.39 is 206 Å². The van der Waals surface area contributed by atoms with Gasteiger partial charge in [0.15, 0.2) is 0 Å². The Labute approximate surface area is 415 Å². The van der Waals surface area contributed by atoms with Gasteiger partial charge in [-0.1, -0.05) is 10.4 Å². The summed E-state index contributed by atoms with van der Waals surface area (Å²) in [5.74, 6) is -5.29. The first-order valence-corrected chi connectivity index (χ1v) is 22.5. The van der Waals surface area contributed by atoms with Gasteiger partial charge in [-0.15, -0.1) is 0 Å². The van der Waals surface area contributed by atoms with Gasteiger partial charge in [-0.2, -0.15) is 9.81 Å². The number of aliphatic hydroxyl groups is 15.